The number of anilines is 2. The molecule has 4 aromatic rings. The van der Waals surface area contributed by atoms with E-state index >= 15 is 4.79 Å². The molecule has 0 unspecified atom stereocenters. The molecule has 2 aliphatic heterocycles. The van der Waals surface area contributed by atoms with Crippen LogP contribution < -0.4 is 30.1 Å². The van der Waals surface area contributed by atoms with E-state index in [9.17, 15) is 9.59 Å². The number of hydrogen-bond acceptors (Lipinski definition) is 7. The molecule has 0 spiro atoms. The Bertz CT molecular complexity index is 3760. The predicted octanol–water partition coefficient (Wildman–Crippen LogP) is 18.3. The number of carbonyl (C=O) groups excluding carboxylic acids is 3. The van der Waals surface area contributed by atoms with E-state index in [2.05, 4.69) is 90.1 Å². The standard InChI is InChI=1S/C75H93Cl2N4O7/c1-10-17-24-26-41-85-73(82)57-32-28-53(76)45-61(57)71-59-34-30-55(47-67(59)87-69-49-65(78-36-19-12-3)51(8)43-63(69)71)80(39-22-15-6)75(84)81(40-23-16-7)56-31-35-60-68(48-56)88-70-50-66(79(37-20-13-4)38-21-14-5)52(9)44-64(70)72(60)62-46-54(77)29-33-58(62)74(83)86-42-27-25-18-11-2/h28-35,43-50H,10-27,36-42H2,1-9H3/q+1/p+1. The van der Waals surface area contributed by atoms with Crippen LogP contribution in [0.5, 0.6) is 0 Å². The average molecular weight is 1230 g/mol. The van der Waals surface area contributed by atoms with E-state index in [1.807, 2.05) is 64.4 Å². The SMILES string of the molecule is CCCCCCOC(=O)c1ccc(Cl)cc1-c1c2cc(C)c(=[NH+]CCCC)cc-2oc2cc(N(CCCC)C(=O)N(CCCC)c3ccc4c(-c5cc(Cl)ccc5C(=O)OCCCCCC)c5cc(C)c(=[N+](CCCC)CCCC)cc-5oc4c3)ccc12. The molecule has 0 saturated carbocycles. The van der Waals surface area contributed by atoms with Crippen molar-refractivity contribution in [2.45, 2.75) is 178 Å². The fourth-order valence-electron chi connectivity index (χ4n) is 11.7. The summed E-state index contributed by atoms with van der Waals surface area (Å²) in [5.41, 5.74) is 9.94. The lowest BCUT2D eigenvalue weighted by atomic mass is 9.89. The Kier molecular flexibility index (Phi) is 25.1. The van der Waals surface area contributed by atoms with Crippen LogP contribution in [0.1, 0.15) is 196 Å². The van der Waals surface area contributed by atoms with E-state index < -0.39 is 11.9 Å². The zero-order chi connectivity index (χ0) is 62.7. The molecule has 88 heavy (non-hydrogen) atoms. The second kappa shape index (κ2) is 33.0. The van der Waals surface area contributed by atoms with Gasteiger partial charge in [0.05, 0.1) is 36.5 Å². The van der Waals surface area contributed by atoms with E-state index in [1.165, 1.54) is 0 Å². The van der Waals surface area contributed by atoms with Gasteiger partial charge in [-0.15, -0.1) is 0 Å². The number of rotatable bonds is 31. The summed E-state index contributed by atoms with van der Waals surface area (Å²) in [6.07, 6.45) is 17.4. The van der Waals surface area contributed by atoms with Crippen molar-refractivity contribution in [3.05, 3.63) is 140 Å². The third-order valence-electron chi connectivity index (χ3n) is 16.8. The minimum atomic E-state index is -0.412. The normalized spacial score (nSPS) is 11.8. The summed E-state index contributed by atoms with van der Waals surface area (Å²) in [7, 11) is 0. The van der Waals surface area contributed by atoms with Gasteiger partial charge in [0.2, 0.25) is 10.7 Å². The molecule has 0 atom stereocenters. The van der Waals surface area contributed by atoms with Crippen molar-refractivity contribution in [2.24, 2.45) is 0 Å². The largest absolute Gasteiger partial charge is 0.462 e. The number of aryl methyl sites for hydroxylation is 2. The van der Waals surface area contributed by atoms with Crippen LogP contribution in [0.25, 0.3) is 66.8 Å². The topological polar surface area (TPSA) is 119 Å². The van der Waals surface area contributed by atoms with Gasteiger partial charge in [-0.25, -0.2) is 24.0 Å². The van der Waals surface area contributed by atoms with E-state index in [1.54, 1.807) is 24.3 Å². The molecule has 4 aromatic carbocycles. The van der Waals surface area contributed by atoms with Gasteiger partial charge in [-0.3, -0.25) is 9.80 Å². The highest BCUT2D eigenvalue weighted by atomic mass is 35.5. The highest BCUT2D eigenvalue weighted by Crippen LogP contribution is 2.46. The maximum atomic E-state index is 15.9. The van der Waals surface area contributed by atoms with Crippen molar-refractivity contribution in [3.63, 3.8) is 0 Å². The second-order valence-corrected chi connectivity index (χ2v) is 24.5. The summed E-state index contributed by atoms with van der Waals surface area (Å²) in [6, 6.07) is 31.0. The lowest BCUT2D eigenvalue weighted by Crippen LogP contribution is -2.77. The molecule has 8 rings (SSSR count). The number of carbonyl (C=O) groups is 3. The molecule has 0 aromatic heterocycles. The van der Waals surface area contributed by atoms with Gasteiger partial charge in [0.15, 0.2) is 0 Å². The minimum absolute atomic E-state index is 0.196. The molecule has 1 N–H and O–H groups in total. The van der Waals surface area contributed by atoms with Crippen LogP contribution in [-0.4, -0.2) is 63.9 Å². The molecule has 468 valence electrons. The third-order valence-corrected chi connectivity index (χ3v) is 17.3. The Morgan fingerprint density at radius 3 is 1.40 bits per heavy atom. The van der Waals surface area contributed by atoms with Gasteiger partial charge in [-0.05, 0) is 123 Å². The van der Waals surface area contributed by atoms with Crippen LogP contribution in [-0.2, 0) is 9.47 Å². The number of fused-ring (bicyclic) bond motifs is 4. The van der Waals surface area contributed by atoms with Crippen LogP contribution in [0.3, 0.4) is 0 Å². The highest BCUT2D eigenvalue weighted by molar-refractivity contribution is 6.31. The lowest BCUT2D eigenvalue weighted by molar-refractivity contribution is -0.501. The fourth-order valence-corrected chi connectivity index (χ4v) is 12.1. The first-order valence-electron chi connectivity index (χ1n) is 33.0. The van der Waals surface area contributed by atoms with Gasteiger partial charge < -0.3 is 18.3 Å². The van der Waals surface area contributed by atoms with E-state index in [0.717, 1.165) is 190 Å². The Balaban J connectivity index is 1.31. The van der Waals surface area contributed by atoms with Gasteiger partial charge in [-0.1, -0.05) is 142 Å². The number of esters is 2. The summed E-state index contributed by atoms with van der Waals surface area (Å²) in [5.74, 6) is 0.455. The molecular weight excluding hydrogens is 1140 g/mol. The lowest BCUT2D eigenvalue weighted by Gasteiger charge is -2.31. The molecule has 4 aliphatic rings. The van der Waals surface area contributed by atoms with Gasteiger partial charge in [0, 0.05) is 110 Å². The molecule has 0 saturated heterocycles. The Labute approximate surface area is 532 Å². The van der Waals surface area contributed by atoms with Crippen molar-refractivity contribution < 1.29 is 37.7 Å². The number of benzene rings is 6. The molecular formula is C75H94Cl2N4O7+2. The molecule has 0 fully saturated rings. The van der Waals surface area contributed by atoms with Crippen LogP contribution in [0, 0.1) is 13.8 Å². The highest BCUT2D eigenvalue weighted by Gasteiger charge is 2.30. The number of nitrogens with zero attached hydrogens (tertiary/aromatic N) is 3. The van der Waals surface area contributed by atoms with Crippen LogP contribution >= 0.6 is 23.2 Å². The second-order valence-electron chi connectivity index (χ2n) is 23.7. The van der Waals surface area contributed by atoms with Crippen LogP contribution in [0.4, 0.5) is 16.2 Å². The molecule has 0 bridgehead atoms. The number of urea groups is 1. The number of nitrogens with one attached hydrogen (secondary N) is 1. The molecule has 11 nitrogen and oxygen atoms in total. The van der Waals surface area contributed by atoms with Gasteiger partial charge in [0.1, 0.15) is 42.3 Å². The van der Waals surface area contributed by atoms with Crippen molar-refractivity contribution in [1.29, 1.82) is 0 Å². The summed E-state index contributed by atoms with van der Waals surface area (Å²) in [6.45, 7) is 23.6. The smallest absolute Gasteiger partial charge is 0.338 e. The fraction of sp³-hybridized carbons (Fsp3) is 0.453. The van der Waals surface area contributed by atoms with Crippen LogP contribution in [0.2, 0.25) is 10.0 Å². The minimum Gasteiger partial charge on any atom is -0.462 e. The van der Waals surface area contributed by atoms with Crippen molar-refractivity contribution in [1.82, 2.24) is 4.58 Å². The first-order valence-corrected chi connectivity index (χ1v) is 33.7. The number of ether oxygens (including phenoxy) is 2. The molecule has 0 radical (unpaired) electrons. The average Bonchev–Trinajstić information content (AvgIpc) is 1.48. The van der Waals surface area contributed by atoms with E-state index in [0.29, 0.717) is 92.7 Å². The molecule has 2 heterocycles. The summed E-state index contributed by atoms with van der Waals surface area (Å²) in [4.78, 5) is 51.7. The first-order chi connectivity index (χ1) is 42.8. The monoisotopic (exact) mass is 1230 g/mol. The molecule has 13 heteroatoms. The number of halogens is 2. The zero-order valence-electron chi connectivity index (χ0n) is 53.9. The van der Waals surface area contributed by atoms with Gasteiger partial charge >= 0.3 is 18.0 Å². The number of amides is 2. The van der Waals surface area contributed by atoms with Crippen LogP contribution in [0.15, 0.2) is 106 Å². The van der Waals surface area contributed by atoms with E-state index in [-0.39, 0.29) is 6.03 Å². The van der Waals surface area contributed by atoms with Crippen molar-refractivity contribution in [3.8, 4) is 44.9 Å². The third kappa shape index (κ3) is 16.3. The Morgan fingerprint density at radius 1 is 0.477 bits per heavy atom. The summed E-state index contributed by atoms with van der Waals surface area (Å²) < 4.78 is 28.6. The Morgan fingerprint density at radius 2 is 0.932 bits per heavy atom. The Hall–Kier alpha value is -6.95. The van der Waals surface area contributed by atoms with Crippen molar-refractivity contribution in [2.75, 3.05) is 55.7 Å². The zero-order valence-corrected chi connectivity index (χ0v) is 55.4. The quantitative estimate of drug-likeness (QED) is 0.0199. The van der Waals surface area contributed by atoms with Crippen molar-refractivity contribution >= 4 is 74.5 Å². The maximum absolute atomic E-state index is 15.9. The summed E-state index contributed by atoms with van der Waals surface area (Å²) in [5, 5.41) is 4.56. The van der Waals surface area contributed by atoms with Gasteiger partial charge in [-0.2, -0.15) is 0 Å². The summed E-state index contributed by atoms with van der Waals surface area (Å²) >= 11 is 13.8. The first kappa shape index (κ1) is 67.0. The molecule has 2 amide bonds. The van der Waals surface area contributed by atoms with E-state index in [4.69, 9.17) is 41.5 Å². The van der Waals surface area contributed by atoms with Gasteiger partial charge in [0.25, 0.3) is 0 Å². The predicted molar refractivity (Wildman–Crippen MR) is 363 cm³/mol. The maximum Gasteiger partial charge on any atom is 0.338 e. The number of unbranched alkanes of at least 4 members (excludes halogenated alkanes) is 11. The number of hydrogen-bond donors (Lipinski definition) is 1. The molecule has 2 aliphatic carbocycles.